The summed E-state index contributed by atoms with van der Waals surface area (Å²) >= 11 is 17.9. The Kier molecular flexibility index (Phi) is 7.30. The molecule has 1 aliphatic heterocycles. The second-order valence-corrected chi connectivity index (χ2v) is 7.81. The molecule has 0 saturated carbocycles. The van der Waals surface area contributed by atoms with Crippen LogP contribution in [0.5, 0.6) is 0 Å². The minimum atomic E-state index is -1.77. The van der Waals surface area contributed by atoms with Crippen molar-refractivity contribution in [3.05, 3.63) is 22.1 Å². The Labute approximate surface area is 164 Å². The zero-order valence-electron chi connectivity index (χ0n) is 13.9. The zero-order valence-corrected chi connectivity index (χ0v) is 16.1. The zero-order chi connectivity index (χ0) is 19.3. The maximum Gasteiger partial charge on any atom is 0.408 e. The molecule has 13 heteroatoms. The molecule has 0 aliphatic carbocycles. The fourth-order valence-electron chi connectivity index (χ4n) is 2.48. The maximum absolute atomic E-state index is 12.0. The molecule has 0 unspecified atom stereocenters. The minimum Gasteiger partial charge on any atom is -0.445 e. The van der Waals surface area contributed by atoms with Crippen LogP contribution in [0.25, 0.3) is 0 Å². The van der Waals surface area contributed by atoms with Crippen LogP contribution >= 0.6 is 34.8 Å². The number of ether oxygens (including phenoxy) is 2. The second kappa shape index (κ2) is 9.05. The lowest BCUT2D eigenvalue weighted by Crippen LogP contribution is -2.58. The van der Waals surface area contributed by atoms with Crippen molar-refractivity contribution in [2.24, 2.45) is 0 Å². The van der Waals surface area contributed by atoms with E-state index >= 15 is 0 Å². The van der Waals surface area contributed by atoms with Crippen LogP contribution < -0.4 is 5.32 Å². The largest absolute Gasteiger partial charge is 0.445 e. The van der Waals surface area contributed by atoms with Crippen LogP contribution in [-0.2, 0) is 16.0 Å². The lowest BCUT2D eigenvalue weighted by atomic mass is 10.3. The van der Waals surface area contributed by atoms with E-state index < -0.39 is 21.0 Å². The average molecular weight is 431 g/mol. The van der Waals surface area contributed by atoms with Gasteiger partial charge in [-0.3, -0.25) is 4.90 Å². The topological polar surface area (TPSA) is 112 Å². The van der Waals surface area contributed by atoms with Crippen molar-refractivity contribution in [1.82, 2.24) is 19.8 Å². The van der Waals surface area contributed by atoms with E-state index in [0.29, 0.717) is 32.1 Å². The number of aromatic nitrogens is 2. The molecule has 0 bridgehead atoms. The molecule has 1 fully saturated rings. The number of carbonyl (C=O) groups is 1. The van der Waals surface area contributed by atoms with Gasteiger partial charge in [0.15, 0.2) is 5.82 Å². The first-order chi connectivity index (χ1) is 12.2. The molecule has 1 N–H and O–H groups in total. The molecule has 2 heterocycles. The Balaban J connectivity index is 1.90. The third kappa shape index (κ3) is 5.58. The highest BCUT2D eigenvalue weighted by atomic mass is 35.6. The van der Waals surface area contributed by atoms with E-state index in [2.05, 4.69) is 10.3 Å². The van der Waals surface area contributed by atoms with Crippen LogP contribution in [-0.4, -0.2) is 68.3 Å². The summed E-state index contributed by atoms with van der Waals surface area (Å²) in [5.74, 6) is 0.257. The highest BCUT2D eigenvalue weighted by Gasteiger charge is 2.39. The molecule has 10 nitrogen and oxygen atoms in total. The number of hydrogen-bond donors (Lipinski definition) is 1. The first kappa shape index (κ1) is 21.0. The molecule has 1 aliphatic rings. The average Bonchev–Trinajstić information content (AvgIpc) is 2.93. The molecule has 1 aromatic rings. The van der Waals surface area contributed by atoms with Gasteiger partial charge in [0.1, 0.15) is 25.5 Å². The van der Waals surface area contributed by atoms with Gasteiger partial charge in [0, 0.05) is 20.0 Å². The van der Waals surface area contributed by atoms with Gasteiger partial charge < -0.3 is 24.9 Å². The second-order valence-electron chi connectivity index (χ2n) is 5.45. The van der Waals surface area contributed by atoms with Gasteiger partial charge in [0.05, 0.1) is 13.2 Å². The molecule has 26 heavy (non-hydrogen) atoms. The van der Waals surface area contributed by atoms with Gasteiger partial charge in [0.25, 0.3) is 0 Å². The summed E-state index contributed by atoms with van der Waals surface area (Å²) in [6, 6.07) is 0. The lowest BCUT2D eigenvalue weighted by Gasteiger charge is -2.37. The highest BCUT2D eigenvalue weighted by Crippen LogP contribution is 2.32. The van der Waals surface area contributed by atoms with Crippen LogP contribution in [0.15, 0.2) is 6.20 Å². The number of carbonyl (C=O) groups excluding carboxylic acids is 1. The standard InChI is InChI=1S/C13H18Cl3N5O5/c1-9-17-8-10(21(23)24)20(9)4-7-26-12(22)18-11(13(14,15)16)19-2-5-25-6-3-19/h8,11H,2-7H2,1H3,(H,18,22)/t11-/m0/s1. The number of nitro groups is 1. The van der Waals surface area contributed by atoms with Crippen molar-refractivity contribution in [2.45, 2.75) is 23.4 Å². The van der Waals surface area contributed by atoms with Crippen molar-refractivity contribution in [3.8, 4) is 0 Å². The van der Waals surface area contributed by atoms with E-state index in [1.807, 2.05) is 0 Å². The third-order valence-corrected chi connectivity index (χ3v) is 4.36. The van der Waals surface area contributed by atoms with Crippen LogP contribution in [0.4, 0.5) is 10.6 Å². The normalized spacial score (nSPS) is 16.9. The quantitative estimate of drug-likeness (QED) is 0.416. The summed E-state index contributed by atoms with van der Waals surface area (Å²) in [7, 11) is 0. The number of nitrogens with zero attached hydrogens (tertiary/aromatic N) is 4. The smallest absolute Gasteiger partial charge is 0.408 e. The molecule has 1 amide bonds. The summed E-state index contributed by atoms with van der Waals surface area (Å²) < 4.78 is 9.87. The number of amides is 1. The Hall–Kier alpha value is -1.33. The van der Waals surface area contributed by atoms with Gasteiger partial charge in [-0.1, -0.05) is 34.8 Å². The van der Waals surface area contributed by atoms with E-state index in [-0.39, 0.29) is 19.0 Å². The predicted octanol–water partition coefficient (Wildman–Crippen LogP) is 1.85. The van der Waals surface area contributed by atoms with Crippen molar-refractivity contribution in [1.29, 1.82) is 0 Å². The first-order valence-corrected chi connectivity index (χ1v) is 8.82. The number of alkyl carbamates (subject to hydrolysis) is 1. The number of hydrogen-bond acceptors (Lipinski definition) is 7. The molecule has 1 saturated heterocycles. The molecule has 0 aromatic carbocycles. The van der Waals surface area contributed by atoms with E-state index in [1.54, 1.807) is 11.8 Å². The van der Waals surface area contributed by atoms with Gasteiger partial charge in [-0.05, 0) is 4.92 Å². The minimum absolute atomic E-state index is 0.0750. The SMILES string of the molecule is Cc1ncc([N+](=O)[O-])n1CCOC(=O)N[C@@H](N1CCOCC1)C(Cl)(Cl)Cl. The number of aryl methyl sites for hydroxylation is 1. The van der Waals surface area contributed by atoms with Gasteiger partial charge in [-0.15, -0.1) is 0 Å². The summed E-state index contributed by atoms with van der Waals surface area (Å²) in [5, 5.41) is 13.4. The van der Waals surface area contributed by atoms with Crippen molar-refractivity contribution in [2.75, 3.05) is 32.9 Å². The van der Waals surface area contributed by atoms with Crippen LogP contribution in [0.1, 0.15) is 5.82 Å². The molecule has 2 rings (SSSR count). The first-order valence-electron chi connectivity index (χ1n) is 7.68. The van der Waals surface area contributed by atoms with Gasteiger partial charge >= 0.3 is 11.9 Å². The molecule has 0 spiro atoms. The van der Waals surface area contributed by atoms with E-state index in [0.717, 1.165) is 6.20 Å². The third-order valence-electron chi connectivity index (χ3n) is 3.74. The van der Waals surface area contributed by atoms with Crippen molar-refractivity contribution in [3.63, 3.8) is 0 Å². The highest BCUT2D eigenvalue weighted by molar-refractivity contribution is 6.68. The fraction of sp³-hybridized carbons (Fsp3) is 0.692. The van der Waals surface area contributed by atoms with Gasteiger partial charge in [-0.2, -0.15) is 0 Å². The van der Waals surface area contributed by atoms with Crippen molar-refractivity contribution >= 4 is 46.7 Å². The Morgan fingerprint density at radius 3 is 2.73 bits per heavy atom. The molecular formula is C13H18Cl3N5O5. The molecule has 146 valence electrons. The molecule has 0 radical (unpaired) electrons. The van der Waals surface area contributed by atoms with Crippen LogP contribution in [0, 0.1) is 17.0 Å². The number of morpholine rings is 1. The number of nitrogens with one attached hydrogen (secondary N) is 1. The summed E-state index contributed by atoms with van der Waals surface area (Å²) in [6.07, 6.45) is -0.548. The monoisotopic (exact) mass is 429 g/mol. The van der Waals surface area contributed by atoms with E-state index in [9.17, 15) is 14.9 Å². The summed E-state index contributed by atoms with van der Waals surface area (Å²) in [5.41, 5.74) is 0. The lowest BCUT2D eigenvalue weighted by molar-refractivity contribution is -0.392. The number of imidazole rings is 1. The van der Waals surface area contributed by atoms with Crippen molar-refractivity contribution < 1.29 is 19.2 Å². The number of rotatable bonds is 6. The Morgan fingerprint density at radius 1 is 1.50 bits per heavy atom. The van der Waals surface area contributed by atoms with E-state index in [1.165, 1.54) is 4.57 Å². The molecule has 1 aromatic heterocycles. The summed E-state index contributed by atoms with van der Waals surface area (Å²) in [4.78, 5) is 28.1. The maximum atomic E-state index is 12.0. The Bertz CT molecular complexity index is 645. The molecule has 1 atom stereocenters. The number of halogens is 3. The fourth-order valence-corrected chi connectivity index (χ4v) is 3.05. The number of alkyl halides is 3. The molecular weight excluding hydrogens is 413 g/mol. The van der Waals surface area contributed by atoms with Gasteiger partial charge in [-0.25, -0.2) is 14.3 Å². The van der Waals surface area contributed by atoms with Crippen LogP contribution in [0.2, 0.25) is 0 Å². The van der Waals surface area contributed by atoms with Crippen LogP contribution in [0.3, 0.4) is 0 Å². The summed E-state index contributed by atoms with van der Waals surface area (Å²) in [6.45, 7) is 3.46. The van der Waals surface area contributed by atoms with Gasteiger partial charge in [0.2, 0.25) is 3.79 Å². The Morgan fingerprint density at radius 2 is 2.15 bits per heavy atom. The predicted molar refractivity (Wildman–Crippen MR) is 94.6 cm³/mol. The van der Waals surface area contributed by atoms with E-state index in [4.69, 9.17) is 44.3 Å².